The van der Waals surface area contributed by atoms with Gasteiger partial charge in [0.05, 0.1) is 11.5 Å². The van der Waals surface area contributed by atoms with Gasteiger partial charge >= 0.3 is 6.18 Å². The van der Waals surface area contributed by atoms with Gasteiger partial charge in [-0.05, 0) is 31.0 Å². The quantitative estimate of drug-likeness (QED) is 0.819. The molecule has 21 heavy (non-hydrogen) atoms. The maximum absolute atomic E-state index is 13.1. The first-order chi connectivity index (χ1) is 9.29. The van der Waals surface area contributed by atoms with Crippen LogP contribution in [-0.4, -0.2) is 11.9 Å². The molecular formula is C13H15ClF4N2O. The topological polar surface area (TPSA) is 55.1 Å². The van der Waals surface area contributed by atoms with E-state index in [0.29, 0.717) is 18.6 Å². The maximum Gasteiger partial charge on any atom is 0.419 e. The van der Waals surface area contributed by atoms with Gasteiger partial charge in [-0.1, -0.05) is 6.42 Å². The predicted molar refractivity (Wildman–Crippen MR) is 72.6 cm³/mol. The van der Waals surface area contributed by atoms with Gasteiger partial charge < -0.3 is 11.1 Å². The minimum atomic E-state index is -4.80. The number of amides is 1. The fourth-order valence-corrected chi connectivity index (χ4v) is 2.37. The molecule has 1 aromatic carbocycles. The van der Waals surface area contributed by atoms with Crippen LogP contribution in [0.15, 0.2) is 18.2 Å². The number of hydrogen-bond acceptors (Lipinski definition) is 2. The van der Waals surface area contributed by atoms with Gasteiger partial charge in [-0.3, -0.25) is 4.79 Å². The Bertz CT molecular complexity index is 521. The molecule has 1 aliphatic rings. The number of nitrogens with two attached hydrogens (primary N) is 1. The summed E-state index contributed by atoms with van der Waals surface area (Å²) in [6, 6.07) is 2.10. The second-order valence-electron chi connectivity index (χ2n) is 4.88. The van der Waals surface area contributed by atoms with Crippen LogP contribution in [0.4, 0.5) is 23.2 Å². The maximum atomic E-state index is 13.1. The van der Waals surface area contributed by atoms with Crippen molar-refractivity contribution in [1.29, 1.82) is 0 Å². The summed E-state index contributed by atoms with van der Waals surface area (Å²) >= 11 is 0. The molecule has 0 heterocycles. The van der Waals surface area contributed by atoms with Crippen molar-refractivity contribution in [3.63, 3.8) is 0 Å². The molecular weight excluding hydrogens is 312 g/mol. The van der Waals surface area contributed by atoms with Crippen LogP contribution in [0.2, 0.25) is 0 Å². The van der Waals surface area contributed by atoms with Crippen LogP contribution in [0, 0.1) is 11.7 Å². The zero-order chi connectivity index (χ0) is 14.9. The molecule has 2 rings (SSSR count). The SMILES string of the molecule is Cl.N[C@@H]1CCC[C@@H]1C(=O)Nc1ccc(F)c(C(F)(F)F)c1. The van der Waals surface area contributed by atoms with Gasteiger partial charge in [-0.2, -0.15) is 13.2 Å². The fourth-order valence-electron chi connectivity index (χ4n) is 2.37. The predicted octanol–water partition coefficient (Wildman–Crippen LogP) is 3.33. The lowest BCUT2D eigenvalue weighted by Gasteiger charge is -2.16. The van der Waals surface area contributed by atoms with Crippen molar-refractivity contribution < 1.29 is 22.4 Å². The molecule has 1 saturated carbocycles. The summed E-state index contributed by atoms with van der Waals surface area (Å²) in [7, 11) is 0. The third kappa shape index (κ3) is 4.07. The molecule has 1 amide bonds. The lowest BCUT2D eigenvalue weighted by atomic mass is 10.0. The smallest absolute Gasteiger partial charge is 0.327 e. The summed E-state index contributed by atoms with van der Waals surface area (Å²) in [4.78, 5) is 11.9. The van der Waals surface area contributed by atoms with Crippen molar-refractivity contribution >= 4 is 24.0 Å². The van der Waals surface area contributed by atoms with Crippen molar-refractivity contribution in [3.05, 3.63) is 29.6 Å². The molecule has 0 aliphatic heterocycles. The second kappa shape index (κ2) is 6.62. The Morgan fingerprint density at radius 2 is 1.95 bits per heavy atom. The van der Waals surface area contributed by atoms with E-state index in [4.69, 9.17) is 5.73 Å². The van der Waals surface area contributed by atoms with Crippen LogP contribution < -0.4 is 11.1 Å². The Labute approximate surface area is 125 Å². The van der Waals surface area contributed by atoms with E-state index < -0.39 is 29.4 Å². The average Bonchev–Trinajstić information content (AvgIpc) is 2.76. The lowest BCUT2D eigenvalue weighted by molar-refractivity contribution is -0.140. The Morgan fingerprint density at radius 3 is 2.48 bits per heavy atom. The Hall–Kier alpha value is -1.34. The van der Waals surface area contributed by atoms with Gasteiger partial charge in [0.1, 0.15) is 5.82 Å². The molecule has 1 aromatic rings. The molecule has 8 heteroatoms. The number of halogens is 5. The first-order valence-electron chi connectivity index (χ1n) is 6.22. The van der Waals surface area contributed by atoms with Gasteiger partial charge in [-0.25, -0.2) is 4.39 Å². The summed E-state index contributed by atoms with van der Waals surface area (Å²) in [6.45, 7) is 0. The summed E-state index contributed by atoms with van der Waals surface area (Å²) in [5.74, 6) is -2.20. The van der Waals surface area contributed by atoms with Crippen molar-refractivity contribution in [2.45, 2.75) is 31.5 Å². The van der Waals surface area contributed by atoms with Gasteiger partial charge in [0.25, 0.3) is 0 Å². The standard InChI is InChI=1S/C13H14F4N2O.ClH/c14-10-5-4-7(6-9(10)13(15,16)17)19-12(20)8-2-1-3-11(8)18;/h4-6,8,11H,1-3,18H2,(H,19,20);1H/t8-,11+;/m0./s1. The largest absolute Gasteiger partial charge is 0.419 e. The van der Waals surface area contributed by atoms with Crippen molar-refractivity contribution in [2.24, 2.45) is 11.7 Å². The molecule has 118 valence electrons. The average molecular weight is 327 g/mol. The van der Waals surface area contributed by atoms with Gasteiger partial charge in [0.2, 0.25) is 5.91 Å². The van der Waals surface area contributed by atoms with Crippen LogP contribution in [0.3, 0.4) is 0 Å². The van der Waals surface area contributed by atoms with E-state index in [1.807, 2.05) is 0 Å². The normalized spacial score (nSPS) is 21.8. The van der Waals surface area contributed by atoms with E-state index in [1.54, 1.807) is 0 Å². The number of rotatable bonds is 2. The Morgan fingerprint density at radius 1 is 1.29 bits per heavy atom. The molecule has 0 aromatic heterocycles. The van der Waals surface area contributed by atoms with Crippen LogP contribution in [0.1, 0.15) is 24.8 Å². The number of anilines is 1. The van der Waals surface area contributed by atoms with E-state index in [2.05, 4.69) is 5.32 Å². The summed E-state index contributed by atoms with van der Waals surface area (Å²) in [5.41, 5.74) is 4.28. The van der Waals surface area contributed by atoms with Crippen LogP contribution >= 0.6 is 12.4 Å². The van der Waals surface area contributed by atoms with E-state index in [-0.39, 0.29) is 24.1 Å². The highest BCUT2D eigenvalue weighted by Crippen LogP contribution is 2.33. The molecule has 0 radical (unpaired) electrons. The van der Waals surface area contributed by atoms with E-state index in [0.717, 1.165) is 18.9 Å². The summed E-state index contributed by atoms with van der Waals surface area (Å²) in [6.07, 6.45) is -2.65. The van der Waals surface area contributed by atoms with Crippen LogP contribution in [-0.2, 0) is 11.0 Å². The van der Waals surface area contributed by atoms with Crippen LogP contribution in [0.5, 0.6) is 0 Å². The monoisotopic (exact) mass is 326 g/mol. The summed E-state index contributed by atoms with van der Waals surface area (Å²) in [5, 5.41) is 2.37. The number of alkyl halides is 3. The number of hydrogen-bond donors (Lipinski definition) is 2. The molecule has 3 nitrogen and oxygen atoms in total. The second-order valence-corrected chi connectivity index (χ2v) is 4.88. The van der Waals surface area contributed by atoms with Crippen molar-refractivity contribution in [3.8, 4) is 0 Å². The van der Waals surface area contributed by atoms with Gasteiger partial charge in [0, 0.05) is 11.7 Å². The third-order valence-electron chi connectivity index (χ3n) is 3.45. The highest BCUT2D eigenvalue weighted by atomic mass is 35.5. The minimum absolute atomic E-state index is 0. The van der Waals surface area contributed by atoms with Gasteiger partial charge in [-0.15, -0.1) is 12.4 Å². The van der Waals surface area contributed by atoms with Crippen molar-refractivity contribution in [1.82, 2.24) is 0 Å². The highest BCUT2D eigenvalue weighted by molar-refractivity contribution is 5.93. The molecule has 1 aliphatic carbocycles. The molecule has 0 spiro atoms. The first kappa shape index (κ1) is 17.7. The molecule has 2 atom stereocenters. The minimum Gasteiger partial charge on any atom is -0.327 e. The van der Waals surface area contributed by atoms with Crippen molar-refractivity contribution in [2.75, 3.05) is 5.32 Å². The van der Waals surface area contributed by atoms with E-state index >= 15 is 0 Å². The Kier molecular flexibility index (Phi) is 5.58. The number of carbonyl (C=O) groups is 1. The fraction of sp³-hybridized carbons (Fsp3) is 0.462. The zero-order valence-electron chi connectivity index (χ0n) is 10.9. The molecule has 1 fully saturated rings. The number of benzene rings is 1. The lowest BCUT2D eigenvalue weighted by Crippen LogP contribution is -2.34. The van der Waals surface area contributed by atoms with E-state index in [1.165, 1.54) is 0 Å². The number of carbonyl (C=O) groups excluding carboxylic acids is 1. The first-order valence-corrected chi connectivity index (χ1v) is 6.22. The highest BCUT2D eigenvalue weighted by Gasteiger charge is 2.35. The third-order valence-corrected chi connectivity index (χ3v) is 3.45. The van der Waals surface area contributed by atoms with E-state index in [9.17, 15) is 22.4 Å². The summed E-state index contributed by atoms with van der Waals surface area (Å²) < 4.78 is 50.8. The van der Waals surface area contributed by atoms with Crippen LogP contribution in [0.25, 0.3) is 0 Å². The molecule has 0 bridgehead atoms. The van der Waals surface area contributed by atoms with Gasteiger partial charge in [0.15, 0.2) is 0 Å². The Balaban J connectivity index is 0.00000220. The number of nitrogens with one attached hydrogen (secondary N) is 1. The zero-order valence-corrected chi connectivity index (χ0v) is 11.7. The molecule has 0 saturated heterocycles. The molecule has 0 unspecified atom stereocenters. The molecule has 3 N–H and O–H groups in total.